The van der Waals surface area contributed by atoms with E-state index < -0.39 is 24.1 Å². The number of alkyl halides is 3. The van der Waals surface area contributed by atoms with Crippen LogP contribution in [0.15, 0.2) is 28.7 Å². The lowest BCUT2D eigenvalue weighted by molar-refractivity contribution is -0.0329. The third-order valence-corrected chi connectivity index (χ3v) is 4.12. The fraction of sp³-hybridized carbons (Fsp3) is 0.500. The number of aliphatic hydroxyl groups is 2. The van der Waals surface area contributed by atoms with Crippen molar-refractivity contribution in [1.29, 1.82) is 0 Å². The fourth-order valence-electron chi connectivity index (χ4n) is 1.72. The summed E-state index contributed by atoms with van der Waals surface area (Å²) in [6.45, 7) is -0.809. The second-order valence-electron chi connectivity index (χ2n) is 4.15. The van der Waals surface area contributed by atoms with Crippen LogP contribution < -0.4 is 0 Å². The SMILES string of the molecule is OCC(CO)(CCSC(F)(F)F)c1cccc(Br)c1. The number of hydrogen-bond acceptors (Lipinski definition) is 3. The summed E-state index contributed by atoms with van der Waals surface area (Å²) in [5, 5.41) is 19.0. The summed E-state index contributed by atoms with van der Waals surface area (Å²) in [4.78, 5) is 0. The normalized spacial score (nSPS) is 12.7. The van der Waals surface area contributed by atoms with Gasteiger partial charge in [-0.25, -0.2) is 0 Å². The molecule has 0 saturated carbocycles. The predicted octanol–water partition coefficient (Wildman–Crippen LogP) is 3.31. The van der Waals surface area contributed by atoms with Gasteiger partial charge in [-0.15, -0.1) is 0 Å². The lowest BCUT2D eigenvalue weighted by Gasteiger charge is -2.30. The van der Waals surface area contributed by atoms with Gasteiger partial charge in [-0.2, -0.15) is 13.2 Å². The van der Waals surface area contributed by atoms with Gasteiger partial charge in [-0.3, -0.25) is 0 Å². The van der Waals surface area contributed by atoms with Crippen LogP contribution in [0.5, 0.6) is 0 Å². The van der Waals surface area contributed by atoms with Crippen molar-refractivity contribution >= 4 is 27.7 Å². The molecule has 0 aromatic heterocycles. The van der Waals surface area contributed by atoms with Gasteiger partial charge < -0.3 is 10.2 Å². The van der Waals surface area contributed by atoms with E-state index in [0.717, 1.165) is 4.47 Å². The molecule has 19 heavy (non-hydrogen) atoms. The van der Waals surface area contributed by atoms with E-state index in [1.54, 1.807) is 24.3 Å². The highest BCUT2D eigenvalue weighted by Gasteiger charge is 2.34. The highest BCUT2D eigenvalue weighted by molar-refractivity contribution is 9.10. The third-order valence-electron chi connectivity index (χ3n) is 2.89. The Morgan fingerprint density at radius 3 is 2.26 bits per heavy atom. The zero-order valence-corrected chi connectivity index (χ0v) is 12.4. The van der Waals surface area contributed by atoms with E-state index >= 15 is 0 Å². The highest BCUT2D eigenvalue weighted by atomic mass is 79.9. The van der Waals surface area contributed by atoms with Crippen LogP contribution in [0.1, 0.15) is 12.0 Å². The van der Waals surface area contributed by atoms with Gasteiger partial charge in [0.05, 0.1) is 13.2 Å². The van der Waals surface area contributed by atoms with E-state index in [1.807, 2.05) is 0 Å². The van der Waals surface area contributed by atoms with Crippen molar-refractivity contribution in [2.45, 2.75) is 17.3 Å². The summed E-state index contributed by atoms with van der Waals surface area (Å²) in [7, 11) is 0. The molecule has 0 spiro atoms. The molecule has 108 valence electrons. The Kier molecular flexibility index (Phi) is 6.16. The molecule has 2 nitrogen and oxygen atoms in total. The molecule has 0 atom stereocenters. The van der Waals surface area contributed by atoms with E-state index in [-0.39, 0.29) is 23.9 Å². The second kappa shape index (κ2) is 6.97. The van der Waals surface area contributed by atoms with Crippen molar-refractivity contribution in [3.63, 3.8) is 0 Å². The van der Waals surface area contributed by atoms with E-state index in [4.69, 9.17) is 0 Å². The predicted molar refractivity (Wildman–Crippen MR) is 73.1 cm³/mol. The van der Waals surface area contributed by atoms with Crippen molar-refractivity contribution in [3.8, 4) is 0 Å². The number of benzene rings is 1. The lowest BCUT2D eigenvalue weighted by atomic mass is 9.79. The average Bonchev–Trinajstić information content (AvgIpc) is 2.34. The van der Waals surface area contributed by atoms with E-state index in [2.05, 4.69) is 15.9 Å². The Morgan fingerprint density at radius 1 is 1.16 bits per heavy atom. The molecule has 0 aliphatic carbocycles. The molecule has 1 aromatic carbocycles. The average molecular weight is 359 g/mol. The zero-order valence-electron chi connectivity index (χ0n) is 9.95. The minimum Gasteiger partial charge on any atom is -0.395 e. The first-order chi connectivity index (χ1) is 8.83. The van der Waals surface area contributed by atoms with Crippen LogP contribution in [0.2, 0.25) is 0 Å². The first-order valence-electron chi connectivity index (χ1n) is 5.51. The Balaban J connectivity index is 2.85. The van der Waals surface area contributed by atoms with Gasteiger partial charge in [0.1, 0.15) is 0 Å². The van der Waals surface area contributed by atoms with Crippen LogP contribution in [-0.4, -0.2) is 34.7 Å². The van der Waals surface area contributed by atoms with Crippen molar-refractivity contribution in [2.24, 2.45) is 0 Å². The molecule has 0 aliphatic heterocycles. The number of hydrogen-bond donors (Lipinski definition) is 2. The van der Waals surface area contributed by atoms with Gasteiger partial charge >= 0.3 is 5.51 Å². The summed E-state index contributed by atoms with van der Waals surface area (Å²) in [5.41, 5.74) is -4.73. The second-order valence-corrected chi connectivity index (χ2v) is 6.23. The molecule has 0 amide bonds. The van der Waals surface area contributed by atoms with Gasteiger partial charge in [-0.1, -0.05) is 39.8 Å². The van der Waals surface area contributed by atoms with E-state index in [9.17, 15) is 23.4 Å². The monoisotopic (exact) mass is 358 g/mol. The maximum absolute atomic E-state index is 12.1. The third kappa shape index (κ3) is 4.98. The zero-order chi connectivity index (χ0) is 14.5. The van der Waals surface area contributed by atoms with Crippen LogP contribution in [0.25, 0.3) is 0 Å². The summed E-state index contributed by atoms with van der Waals surface area (Å²) in [5.74, 6) is -0.211. The van der Waals surface area contributed by atoms with Gasteiger partial charge in [0.15, 0.2) is 0 Å². The van der Waals surface area contributed by atoms with Gasteiger partial charge in [0, 0.05) is 15.6 Å². The number of aliphatic hydroxyl groups excluding tert-OH is 2. The molecule has 0 bridgehead atoms. The molecule has 0 saturated heterocycles. The smallest absolute Gasteiger partial charge is 0.395 e. The number of thioether (sulfide) groups is 1. The highest BCUT2D eigenvalue weighted by Crippen LogP contribution is 2.35. The Hall–Kier alpha value is -0.240. The van der Waals surface area contributed by atoms with Crippen LogP contribution in [0.4, 0.5) is 13.2 Å². The van der Waals surface area contributed by atoms with Crippen molar-refractivity contribution in [3.05, 3.63) is 34.3 Å². The first kappa shape index (κ1) is 16.8. The molecule has 7 heteroatoms. The Labute approximate surface area is 122 Å². The molecule has 0 unspecified atom stereocenters. The standard InChI is InChI=1S/C12H14BrF3O2S/c13-10-3-1-2-9(6-10)11(7-17,8-18)4-5-19-12(14,15)16/h1-3,6,17-18H,4-5,7-8H2. The van der Waals surface area contributed by atoms with Gasteiger partial charge in [-0.05, 0) is 24.1 Å². The summed E-state index contributed by atoms with van der Waals surface area (Å²) < 4.78 is 37.2. The van der Waals surface area contributed by atoms with Crippen molar-refractivity contribution in [1.82, 2.24) is 0 Å². The Bertz CT molecular complexity index is 408. The molecule has 2 N–H and O–H groups in total. The summed E-state index contributed by atoms with van der Waals surface area (Å²) in [6.07, 6.45) is 0.0423. The minimum absolute atomic E-state index is 0.0423. The van der Waals surface area contributed by atoms with E-state index in [1.165, 1.54) is 0 Å². The Morgan fingerprint density at radius 2 is 1.79 bits per heavy atom. The molecule has 0 radical (unpaired) electrons. The summed E-state index contributed by atoms with van der Waals surface area (Å²) in [6, 6.07) is 6.88. The molecule has 0 aliphatic rings. The van der Waals surface area contributed by atoms with Crippen LogP contribution in [0.3, 0.4) is 0 Å². The topological polar surface area (TPSA) is 40.5 Å². The lowest BCUT2D eigenvalue weighted by Crippen LogP contribution is -2.35. The van der Waals surface area contributed by atoms with E-state index in [0.29, 0.717) is 5.56 Å². The molecule has 0 fully saturated rings. The van der Waals surface area contributed by atoms with Crippen LogP contribution in [-0.2, 0) is 5.41 Å². The first-order valence-corrected chi connectivity index (χ1v) is 7.29. The summed E-state index contributed by atoms with van der Waals surface area (Å²) >= 11 is 3.12. The van der Waals surface area contributed by atoms with Gasteiger partial charge in [0.2, 0.25) is 0 Å². The molecular weight excluding hydrogens is 345 g/mol. The quantitative estimate of drug-likeness (QED) is 0.819. The van der Waals surface area contributed by atoms with Crippen LogP contribution >= 0.6 is 27.7 Å². The fourth-order valence-corrected chi connectivity index (χ4v) is 2.84. The molecule has 1 rings (SSSR count). The maximum Gasteiger partial charge on any atom is 0.441 e. The molecule has 0 heterocycles. The van der Waals surface area contributed by atoms with Crippen molar-refractivity contribution in [2.75, 3.05) is 19.0 Å². The molecular formula is C12H14BrF3O2S. The maximum atomic E-state index is 12.1. The number of halogens is 4. The van der Waals surface area contributed by atoms with Crippen LogP contribution in [0, 0.1) is 0 Å². The van der Waals surface area contributed by atoms with Gasteiger partial charge in [0.25, 0.3) is 0 Å². The largest absolute Gasteiger partial charge is 0.441 e. The minimum atomic E-state index is -4.30. The number of rotatable bonds is 6. The van der Waals surface area contributed by atoms with Crippen molar-refractivity contribution < 1.29 is 23.4 Å². The molecule has 1 aromatic rings.